The lowest BCUT2D eigenvalue weighted by molar-refractivity contribution is -0.485. The Morgan fingerprint density at radius 2 is 2.22 bits per heavy atom. The lowest BCUT2D eigenvalue weighted by atomic mass is 10.3. The zero-order valence-electron chi connectivity index (χ0n) is 6.20. The third-order valence-electron chi connectivity index (χ3n) is 1.63. The third kappa shape index (κ3) is 1.68. The molecule has 1 rings (SSSR count). The fourth-order valence-corrected chi connectivity index (χ4v) is 1.02. The van der Waals surface area contributed by atoms with E-state index in [0.717, 1.165) is 6.54 Å². The predicted octanol–water partition coefficient (Wildman–Crippen LogP) is -0.186. The van der Waals surface area contributed by atoms with Crippen LogP contribution in [0.4, 0.5) is 0 Å². The van der Waals surface area contributed by atoms with E-state index in [2.05, 4.69) is 36.8 Å². The van der Waals surface area contributed by atoms with E-state index >= 15 is 0 Å². The van der Waals surface area contributed by atoms with Gasteiger partial charge in [0.1, 0.15) is 12.6 Å². The minimum atomic E-state index is 0. The molecule has 54 valence electrons. The number of nitrogens with zero attached hydrogens (tertiary/aromatic N) is 2. The molecule has 0 aromatic heterocycles. The van der Waals surface area contributed by atoms with Gasteiger partial charge in [-0.25, -0.2) is 0 Å². The maximum Gasteiger partial charge on any atom is 0.234 e. The molecule has 0 aliphatic carbocycles. The average Bonchev–Trinajstić information content (AvgIpc) is 1.85. The molecule has 0 saturated carbocycles. The highest BCUT2D eigenvalue weighted by molar-refractivity contribution is 5.50. The smallest absolute Gasteiger partial charge is 0.234 e. The van der Waals surface area contributed by atoms with Crippen molar-refractivity contribution in [1.82, 2.24) is 4.90 Å². The van der Waals surface area contributed by atoms with Gasteiger partial charge in [0.2, 0.25) is 6.34 Å². The van der Waals surface area contributed by atoms with E-state index in [1.54, 1.807) is 0 Å². The van der Waals surface area contributed by atoms with Gasteiger partial charge in [0.25, 0.3) is 0 Å². The molecule has 1 atom stereocenters. The van der Waals surface area contributed by atoms with Gasteiger partial charge in [-0.3, -0.25) is 9.48 Å². The van der Waals surface area contributed by atoms with Crippen LogP contribution in [-0.2, 0) is 0 Å². The maximum absolute atomic E-state index is 2.22. The second kappa shape index (κ2) is 2.82. The van der Waals surface area contributed by atoms with Gasteiger partial charge >= 0.3 is 0 Å². The molecule has 9 heavy (non-hydrogen) atoms. The Hall–Kier alpha value is -0.570. The Kier molecular flexibility index (Phi) is 2.65. The van der Waals surface area contributed by atoms with E-state index in [9.17, 15) is 0 Å². The summed E-state index contributed by atoms with van der Waals surface area (Å²) in [6.45, 7) is 3.39. The van der Waals surface area contributed by atoms with Gasteiger partial charge in [-0.05, 0) is 6.92 Å². The monoisotopic (exact) mass is 130 g/mol. The summed E-state index contributed by atoms with van der Waals surface area (Å²) in [4.78, 5) is 2.22. The molecular formula is C6H14N2O. The van der Waals surface area contributed by atoms with Crippen LogP contribution in [0.1, 0.15) is 6.92 Å². The highest BCUT2D eigenvalue weighted by Gasteiger charge is 2.20. The standard InChI is InChI=1S/C6H13N2.H2O/c1-6-4-7(2)5-8(6)3;/h5-6H,4H2,1-3H3;1H2/q+1;/p-1. The maximum atomic E-state index is 2.22. The molecule has 0 aromatic carbocycles. The second-order valence-electron chi connectivity index (χ2n) is 2.57. The van der Waals surface area contributed by atoms with Crippen LogP contribution in [0.5, 0.6) is 0 Å². The van der Waals surface area contributed by atoms with Crippen molar-refractivity contribution < 1.29 is 10.1 Å². The molecule has 3 heteroatoms. The van der Waals surface area contributed by atoms with E-state index < -0.39 is 0 Å². The number of rotatable bonds is 0. The molecule has 1 N–H and O–H groups in total. The first-order valence-electron chi connectivity index (χ1n) is 2.97. The van der Waals surface area contributed by atoms with Crippen molar-refractivity contribution in [3.8, 4) is 0 Å². The fraction of sp³-hybridized carbons (Fsp3) is 0.833. The summed E-state index contributed by atoms with van der Waals surface area (Å²) in [5.41, 5.74) is 0. The highest BCUT2D eigenvalue weighted by Crippen LogP contribution is 1.97. The number of likely N-dealkylation sites (N-methyl/N-ethyl adjacent to an activating group) is 2. The topological polar surface area (TPSA) is 36.2 Å². The minimum Gasteiger partial charge on any atom is -0.870 e. The van der Waals surface area contributed by atoms with Gasteiger partial charge in [0.05, 0.1) is 14.1 Å². The van der Waals surface area contributed by atoms with Crippen LogP contribution in [0, 0.1) is 0 Å². The van der Waals surface area contributed by atoms with Crippen molar-refractivity contribution in [2.75, 3.05) is 20.6 Å². The van der Waals surface area contributed by atoms with Crippen molar-refractivity contribution >= 4 is 6.34 Å². The van der Waals surface area contributed by atoms with Crippen LogP contribution in [0.3, 0.4) is 0 Å². The van der Waals surface area contributed by atoms with E-state index in [4.69, 9.17) is 0 Å². The van der Waals surface area contributed by atoms with Crippen molar-refractivity contribution in [3.63, 3.8) is 0 Å². The van der Waals surface area contributed by atoms with Crippen LogP contribution in [0.2, 0.25) is 0 Å². The molecule has 1 heterocycles. The Morgan fingerprint density at radius 1 is 1.67 bits per heavy atom. The molecular weight excluding hydrogens is 116 g/mol. The lowest BCUT2D eigenvalue weighted by Crippen LogP contribution is -2.23. The molecule has 0 radical (unpaired) electrons. The Balaban J connectivity index is 0.000000640. The second-order valence-corrected chi connectivity index (χ2v) is 2.57. The van der Waals surface area contributed by atoms with Gasteiger partial charge in [-0.15, -0.1) is 0 Å². The lowest BCUT2D eigenvalue weighted by Gasteiger charge is -2.03. The summed E-state index contributed by atoms with van der Waals surface area (Å²) in [5, 5.41) is 0. The molecule has 0 aromatic rings. The molecule has 0 bridgehead atoms. The summed E-state index contributed by atoms with van der Waals surface area (Å²) in [7, 11) is 4.20. The SMILES string of the molecule is CC1C[N+](C)=CN1C.[OH-]. The van der Waals surface area contributed by atoms with Gasteiger partial charge in [0.15, 0.2) is 0 Å². The van der Waals surface area contributed by atoms with E-state index in [1.165, 1.54) is 0 Å². The molecule has 1 unspecified atom stereocenters. The largest absolute Gasteiger partial charge is 0.870 e. The minimum absolute atomic E-state index is 0. The predicted molar refractivity (Wildman–Crippen MR) is 36.3 cm³/mol. The van der Waals surface area contributed by atoms with Crippen LogP contribution in [-0.4, -0.2) is 48.0 Å². The van der Waals surface area contributed by atoms with Crippen molar-refractivity contribution in [2.24, 2.45) is 0 Å². The molecule has 0 fully saturated rings. The first-order valence-corrected chi connectivity index (χ1v) is 2.97. The molecule has 0 saturated heterocycles. The summed E-state index contributed by atoms with van der Waals surface area (Å²) in [5.74, 6) is 0. The van der Waals surface area contributed by atoms with E-state index in [-0.39, 0.29) is 5.48 Å². The molecule has 0 spiro atoms. The van der Waals surface area contributed by atoms with Crippen LogP contribution < -0.4 is 0 Å². The Morgan fingerprint density at radius 3 is 2.33 bits per heavy atom. The Bertz CT molecular complexity index is 122. The first-order chi connectivity index (χ1) is 3.70. The van der Waals surface area contributed by atoms with Crippen LogP contribution in [0.15, 0.2) is 0 Å². The van der Waals surface area contributed by atoms with Gasteiger partial charge in [-0.1, -0.05) is 0 Å². The van der Waals surface area contributed by atoms with E-state index in [1.807, 2.05) is 0 Å². The zero-order valence-corrected chi connectivity index (χ0v) is 6.20. The van der Waals surface area contributed by atoms with Crippen molar-refractivity contribution in [3.05, 3.63) is 0 Å². The molecule has 0 amide bonds. The molecule has 1 aliphatic rings. The summed E-state index contributed by atoms with van der Waals surface area (Å²) >= 11 is 0. The summed E-state index contributed by atoms with van der Waals surface area (Å²) in [6, 6.07) is 0.694. The summed E-state index contributed by atoms with van der Waals surface area (Å²) < 4.78 is 2.20. The van der Waals surface area contributed by atoms with Crippen molar-refractivity contribution in [2.45, 2.75) is 13.0 Å². The molecule has 1 aliphatic heterocycles. The van der Waals surface area contributed by atoms with Crippen LogP contribution in [0.25, 0.3) is 0 Å². The number of hydrogen-bond donors (Lipinski definition) is 0. The Labute approximate surface area is 55.9 Å². The quantitative estimate of drug-likeness (QED) is 0.426. The average molecular weight is 130 g/mol. The first kappa shape index (κ1) is 8.43. The number of hydrogen-bond acceptors (Lipinski definition) is 2. The van der Waals surface area contributed by atoms with Crippen molar-refractivity contribution in [1.29, 1.82) is 0 Å². The zero-order chi connectivity index (χ0) is 6.15. The third-order valence-corrected chi connectivity index (χ3v) is 1.63. The fourth-order valence-electron chi connectivity index (χ4n) is 1.02. The summed E-state index contributed by atoms with van der Waals surface area (Å²) in [6.07, 6.45) is 2.13. The van der Waals surface area contributed by atoms with Gasteiger partial charge in [-0.2, -0.15) is 0 Å². The normalized spacial score (nSPS) is 25.4. The molecule has 3 nitrogen and oxygen atoms in total. The van der Waals surface area contributed by atoms with Crippen LogP contribution >= 0.6 is 0 Å². The van der Waals surface area contributed by atoms with E-state index in [0.29, 0.717) is 6.04 Å². The van der Waals surface area contributed by atoms with Gasteiger partial charge < -0.3 is 5.48 Å². The highest BCUT2D eigenvalue weighted by atomic mass is 16.0. The van der Waals surface area contributed by atoms with Gasteiger partial charge in [0, 0.05) is 0 Å².